The summed E-state index contributed by atoms with van der Waals surface area (Å²) in [4.78, 5) is 56.4. The van der Waals surface area contributed by atoms with E-state index in [1.807, 2.05) is 36.1 Å². The topological polar surface area (TPSA) is 138 Å². The van der Waals surface area contributed by atoms with Gasteiger partial charge in [0.05, 0.1) is 12.1 Å². The molecule has 2 N–H and O–H groups in total. The minimum absolute atomic E-state index is 0.0301. The molecule has 222 valence electrons. The first-order chi connectivity index (χ1) is 20.9. The van der Waals surface area contributed by atoms with Gasteiger partial charge in [0.2, 0.25) is 17.8 Å². The molecular formula is C31H34N8O4. The number of amides is 3. The predicted octanol–water partition coefficient (Wildman–Crippen LogP) is 3.52. The van der Waals surface area contributed by atoms with Gasteiger partial charge in [0.1, 0.15) is 29.5 Å². The second kappa shape index (κ2) is 12.5. The van der Waals surface area contributed by atoms with E-state index in [0.717, 1.165) is 55.5 Å². The summed E-state index contributed by atoms with van der Waals surface area (Å²) >= 11 is 0. The molecule has 5 heterocycles. The number of aliphatic imine (C=N–C) groups is 1. The van der Waals surface area contributed by atoms with E-state index >= 15 is 0 Å². The molecule has 0 saturated carbocycles. The van der Waals surface area contributed by atoms with Crippen molar-refractivity contribution in [1.29, 1.82) is 0 Å². The van der Waals surface area contributed by atoms with Crippen LogP contribution >= 0.6 is 0 Å². The van der Waals surface area contributed by atoms with Crippen LogP contribution in [0.25, 0.3) is 16.8 Å². The predicted molar refractivity (Wildman–Crippen MR) is 161 cm³/mol. The average molecular weight is 583 g/mol. The number of pyridine rings is 1. The number of carbonyl (C=O) groups excluding carboxylic acids is 3. The van der Waals surface area contributed by atoms with Gasteiger partial charge in [-0.3, -0.25) is 24.3 Å². The number of benzene rings is 1. The van der Waals surface area contributed by atoms with Crippen molar-refractivity contribution in [1.82, 2.24) is 29.7 Å². The Bertz CT molecular complexity index is 1640. The molecule has 0 unspecified atom stereocenters. The van der Waals surface area contributed by atoms with Crippen LogP contribution in [0.3, 0.4) is 0 Å². The number of aryl methyl sites for hydroxylation is 1. The Labute approximate surface area is 248 Å². The molecule has 3 aromatic heterocycles. The van der Waals surface area contributed by atoms with Gasteiger partial charge in [-0.15, -0.1) is 0 Å². The van der Waals surface area contributed by atoms with E-state index in [0.29, 0.717) is 30.0 Å². The highest BCUT2D eigenvalue weighted by Crippen LogP contribution is 2.23. The van der Waals surface area contributed by atoms with Crippen molar-refractivity contribution in [2.75, 3.05) is 31.5 Å². The van der Waals surface area contributed by atoms with Crippen molar-refractivity contribution in [2.24, 2.45) is 4.99 Å². The Hall–Kier alpha value is -5.00. The summed E-state index contributed by atoms with van der Waals surface area (Å²) < 4.78 is 7.43. The summed E-state index contributed by atoms with van der Waals surface area (Å²) in [6.07, 6.45) is 10.6. The maximum atomic E-state index is 13.6. The lowest BCUT2D eigenvalue weighted by molar-refractivity contribution is -0.140. The van der Waals surface area contributed by atoms with Gasteiger partial charge in [-0.2, -0.15) is 0 Å². The van der Waals surface area contributed by atoms with Crippen LogP contribution in [0.4, 0.5) is 5.69 Å². The minimum atomic E-state index is -0.752. The smallest absolute Gasteiger partial charge is 0.259 e. The Morgan fingerprint density at radius 3 is 2.67 bits per heavy atom. The molecule has 12 nitrogen and oxygen atoms in total. The fourth-order valence-electron chi connectivity index (χ4n) is 5.48. The van der Waals surface area contributed by atoms with E-state index in [1.54, 1.807) is 40.3 Å². The Morgan fingerprint density at radius 1 is 1.07 bits per heavy atom. The number of imidazole rings is 1. The van der Waals surface area contributed by atoms with Crippen LogP contribution in [0.15, 0.2) is 70.7 Å². The number of rotatable bonds is 6. The van der Waals surface area contributed by atoms with Crippen LogP contribution in [-0.4, -0.2) is 80.2 Å². The molecule has 0 aliphatic carbocycles. The molecular weight excluding hydrogens is 548 g/mol. The average Bonchev–Trinajstić information content (AvgIpc) is 3.78. The largest absolute Gasteiger partial charge is 0.461 e. The number of aromatic nitrogens is 3. The van der Waals surface area contributed by atoms with Crippen LogP contribution < -0.4 is 10.6 Å². The van der Waals surface area contributed by atoms with Crippen molar-refractivity contribution in [3.05, 3.63) is 72.6 Å². The molecule has 4 aromatic rings. The van der Waals surface area contributed by atoms with Crippen LogP contribution in [0.5, 0.6) is 0 Å². The first kappa shape index (κ1) is 28.1. The maximum absolute atomic E-state index is 13.6. The van der Waals surface area contributed by atoms with Crippen molar-refractivity contribution < 1.29 is 18.8 Å². The summed E-state index contributed by atoms with van der Waals surface area (Å²) in [6, 6.07) is 10.1. The number of anilines is 1. The highest BCUT2D eigenvalue weighted by Gasteiger charge is 2.30. The number of carbonyl (C=O) groups is 3. The van der Waals surface area contributed by atoms with Crippen molar-refractivity contribution in [2.45, 2.75) is 45.1 Å². The molecule has 0 spiro atoms. The molecule has 1 aromatic carbocycles. The molecule has 6 rings (SSSR count). The lowest BCUT2D eigenvalue weighted by Gasteiger charge is -2.25. The summed E-state index contributed by atoms with van der Waals surface area (Å²) in [5.74, 6) is 0.863. The molecule has 3 amide bonds. The Balaban J connectivity index is 1.25. The molecule has 1 atom stereocenters. The van der Waals surface area contributed by atoms with E-state index in [-0.39, 0.29) is 24.3 Å². The zero-order valence-electron chi connectivity index (χ0n) is 24.0. The maximum Gasteiger partial charge on any atom is 0.259 e. The third-order valence-electron chi connectivity index (χ3n) is 7.74. The first-order valence-electron chi connectivity index (χ1n) is 14.6. The van der Waals surface area contributed by atoms with Gasteiger partial charge in [-0.1, -0.05) is 0 Å². The highest BCUT2D eigenvalue weighted by molar-refractivity contribution is 6.10. The van der Waals surface area contributed by atoms with Crippen LogP contribution in [-0.2, 0) is 9.59 Å². The number of nitrogens with zero attached hydrogens (tertiary/aromatic N) is 6. The second-order valence-corrected chi connectivity index (χ2v) is 10.9. The summed E-state index contributed by atoms with van der Waals surface area (Å²) in [5, 5.41) is 6.94. The molecule has 2 aliphatic rings. The summed E-state index contributed by atoms with van der Waals surface area (Å²) in [6.45, 7) is 3.91. The lowest BCUT2D eigenvalue weighted by atomic mass is 10.1. The first-order valence-corrected chi connectivity index (χ1v) is 14.6. The third kappa shape index (κ3) is 6.58. The van der Waals surface area contributed by atoms with Gasteiger partial charge in [0.25, 0.3) is 5.91 Å². The number of hydrogen-bond acceptors (Lipinski definition) is 7. The zero-order chi connectivity index (χ0) is 29.8. The van der Waals surface area contributed by atoms with Gasteiger partial charge in [0.15, 0.2) is 0 Å². The molecule has 2 fully saturated rings. The fourth-order valence-corrected chi connectivity index (χ4v) is 5.48. The monoisotopic (exact) mass is 582 g/mol. The second-order valence-electron chi connectivity index (χ2n) is 10.9. The van der Waals surface area contributed by atoms with Gasteiger partial charge in [-0.25, -0.2) is 15.0 Å². The van der Waals surface area contributed by atoms with Crippen LogP contribution in [0, 0.1) is 6.92 Å². The third-order valence-corrected chi connectivity index (χ3v) is 7.74. The number of hydrogen-bond donors (Lipinski definition) is 2. The number of guanidine groups is 1. The standard InChI is InChI=1S/C31H34N8O4/c1-21-16-23-17-24(8-9-26(23)43-21)34-31(36-29(41)22-7-10-27(33-18-22)39-15-11-32-20-39)35-25-6-2-3-14-38(30(25)42)19-28(40)37-12-4-5-13-37/h7-11,15-18,20,25H,2-6,12-14,19H2,1H3,(H2,34,35,36,41)/t25-/m0/s1. The highest BCUT2D eigenvalue weighted by atomic mass is 16.3. The minimum Gasteiger partial charge on any atom is -0.461 e. The number of likely N-dealkylation sites (tertiary alicyclic amines) is 2. The van der Waals surface area contributed by atoms with E-state index < -0.39 is 11.9 Å². The quantitative estimate of drug-likeness (QED) is 0.262. The molecule has 2 saturated heterocycles. The van der Waals surface area contributed by atoms with Gasteiger partial charge in [0, 0.05) is 49.3 Å². The van der Waals surface area contributed by atoms with Crippen LogP contribution in [0.1, 0.15) is 48.2 Å². The molecule has 0 radical (unpaired) electrons. The van der Waals surface area contributed by atoms with Gasteiger partial charge < -0.3 is 19.5 Å². The van der Waals surface area contributed by atoms with E-state index in [9.17, 15) is 14.4 Å². The van der Waals surface area contributed by atoms with Crippen LogP contribution in [0.2, 0.25) is 0 Å². The number of fused-ring (bicyclic) bond motifs is 1. The number of furan rings is 1. The Morgan fingerprint density at radius 2 is 1.91 bits per heavy atom. The van der Waals surface area contributed by atoms with E-state index in [2.05, 4.69) is 20.6 Å². The lowest BCUT2D eigenvalue weighted by Crippen LogP contribution is -2.45. The molecule has 2 aliphatic heterocycles. The summed E-state index contributed by atoms with van der Waals surface area (Å²) in [5.41, 5.74) is 1.74. The molecule has 12 heteroatoms. The van der Waals surface area contributed by atoms with Crippen molar-refractivity contribution >= 4 is 40.3 Å². The Kier molecular flexibility index (Phi) is 8.16. The van der Waals surface area contributed by atoms with Crippen molar-refractivity contribution in [3.8, 4) is 5.82 Å². The van der Waals surface area contributed by atoms with Gasteiger partial charge >= 0.3 is 0 Å². The molecule has 43 heavy (non-hydrogen) atoms. The van der Waals surface area contributed by atoms with Crippen molar-refractivity contribution in [3.63, 3.8) is 0 Å². The van der Waals surface area contributed by atoms with E-state index in [1.165, 1.54) is 6.20 Å². The van der Waals surface area contributed by atoms with Gasteiger partial charge in [-0.05, 0) is 75.4 Å². The fraction of sp³-hybridized carbons (Fsp3) is 0.355. The zero-order valence-corrected chi connectivity index (χ0v) is 24.0. The summed E-state index contributed by atoms with van der Waals surface area (Å²) in [7, 11) is 0. The number of nitrogens with one attached hydrogen (secondary N) is 2. The van der Waals surface area contributed by atoms with E-state index in [4.69, 9.17) is 9.41 Å². The molecule has 0 bridgehead atoms. The normalized spacial score (nSPS) is 17.7. The SMILES string of the molecule is Cc1cc2cc(NC(=N[C@H]3CCCCN(CC(=O)N4CCCC4)C3=O)NC(=O)c3ccc(-n4ccnc4)nc3)ccc2o1.